The number of benzene rings is 1. The molecule has 0 fully saturated rings. The molecule has 0 aliphatic carbocycles. The highest BCUT2D eigenvalue weighted by molar-refractivity contribution is 5.59. The number of pyridine rings is 1. The van der Waals surface area contributed by atoms with Gasteiger partial charge in [-0.3, -0.25) is 9.88 Å². The number of rotatable bonds is 3. The van der Waals surface area contributed by atoms with Crippen LogP contribution in [0.25, 0.3) is 11.3 Å². The first-order valence-electron chi connectivity index (χ1n) is 9.77. The Hall–Kier alpha value is -2.73. The quantitative estimate of drug-likeness (QED) is 0.647. The van der Waals surface area contributed by atoms with Crippen LogP contribution in [0.5, 0.6) is 0 Å². The molecule has 1 aliphatic heterocycles. The second-order valence-electron chi connectivity index (χ2n) is 8.55. The molecule has 0 amide bonds. The van der Waals surface area contributed by atoms with Crippen molar-refractivity contribution in [3.05, 3.63) is 77.0 Å². The molecule has 0 bridgehead atoms. The molecular weight excluding hydrogens is 370 g/mol. The number of aromatic nitrogens is 3. The largest absolute Gasteiger partial charge is 0.294 e. The van der Waals surface area contributed by atoms with Crippen LogP contribution in [0.1, 0.15) is 43.4 Å². The standard InChI is InChI=1S/C23H24F2N4/c1-23(2,3)22-27-12-16-14-29(9-8-20(16)28-22)13-15-4-7-21(26-11-15)18-10-17(24)5-6-19(18)25/h4-7,10-12H,8-9,13-14H2,1-3H3. The van der Waals surface area contributed by atoms with E-state index in [-0.39, 0.29) is 11.0 Å². The van der Waals surface area contributed by atoms with E-state index >= 15 is 0 Å². The van der Waals surface area contributed by atoms with Gasteiger partial charge in [0.05, 0.1) is 5.69 Å². The van der Waals surface area contributed by atoms with Gasteiger partial charge in [0.25, 0.3) is 0 Å². The smallest absolute Gasteiger partial charge is 0.133 e. The van der Waals surface area contributed by atoms with Gasteiger partial charge in [0.15, 0.2) is 0 Å². The third-order valence-corrected chi connectivity index (χ3v) is 5.12. The van der Waals surface area contributed by atoms with E-state index in [4.69, 9.17) is 4.98 Å². The van der Waals surface area contributed by atoms with Crippen molar-refractivity contribution in [2.75, 3.05) is 6.54 Å². The van der Waals surface area contributed by atoms with Gasteiger partial charge in [0, 0.05) is 60.7 Å². The molecule has 3 aromatic rings. The molecule has 6 heteroatoms. The van der Waals surface area contributed by atoms with Crippen LogP contribution in [0.2, 0.25) is 0 Å². The Labute approximate surface area is 169 Å². The molecule has 4 nitrogen and oxygen atoms in total. The maximum atomic E-state index is 13.9. The Morgan fingerprint density at radius 2 is 1.86 bits per heavy atom. The first-order chi connectivity index (χ1) is 13.8. The fourth-order valence-electron chi connectivity index (χ4n) is 3.50. The molecular formula is C23H24F2N4. The van der Waals surface area contributed by atoms with Gasteiger partial charge in [0.1, 0.15) is 17.5 Å². The minimum Gasteiger partial charge on any atom is -0.294 e. The van der Waals surface area contributed by atoms with Crippen molar-refractivity contribution in [3.8, 4) is 11.3 Å². The third-order valence-electron chi connectivity index (χ3n) is 5.12. The monoisotopic (exact) mass is 394 g/mol. The number of fused-ring (bicyclic) bond motifs is 1. The van der Waals surface area contributed by atoms with E-state index in [0.29, 0.717) is 5.69 Å². The van der Waals surface area contributed by atoms with Crippen LogP contribution in [0.15, 0.2) is 42.7 Å². The van der Waals surface area contributed by atoms with E-state index in [1.807, 2.05) is 12.3 Å². The van der Waals surface area contributed by atoms with Crippen LogP contribution >= 0.6 is 0 Å². The molecule has 0 unspecified atom stereocenters. The highest BCUT2D eigenvalue weighted by Crippen LogP contribution is 2.25. The van der Waals surface area contributed by atoms with E-state index in [2.05, 4.69) is 35.6 Å². The van der Waals surface area contributed by atoms with Crippen LogP contribution in [0.4, 0.5) is 8.78 Å². The molecule has 150 valence electrons. The summed E-state index contributed by atoms with van der Waals surface area (Å²) in [5.74, 6) is -0.0703. The molecule has 0 atom stereocenters. The van der Waals surface area contributed by atoms with E-state index in [1.54, 1.807) is 12.3 Å². The Bertz CT molecular complexity index is 1030. The zero-order valence-electron chi connectivity index (χ0n) is 16.9. The predicted octanol–water partition coefficient (Wildman–Crippen LogP) is 4.67. The van der Waals surface area contributed by atoms with E-state index in [9.17, 15) is 8.78 Å². The Kier molecular flexibility index (Phi) is 5.13. The molecule has 0 radical (unpaired) electrons. The summed E-state index contributed by atoms with van der Waals surface area (Å²) in [7, 11) is 0. The van der Waals surface area contributed by atoms with Crippen molar-refractivity contribution in [2.45, 2.75) is 45.7 Å². The van der Waals surface area contributed by atoms with Crippen molar-refractivity contribution >= 4 is 0 Å². The lowest BCUT2D eigenvalue weighted by Gasteiger charge is -2.29. The maximum Gasteiger partial charge on any atom is 0.133 e. The van der Waals surface area contributed by atoms with Gasteiger partial charge in [0.2, 0.25) is 0 Å². The molecule has 0 saturated carbocycles. The van der Waals surface area contributed by atoms with E-state index in [0.717, 1.165) is 60.8 Å². The summed E-state index contributed by atoms with van der Waals surface area (Å²) in [6.07, 6.45) is 4.57. The predicted molar refractivity (Wildman–Crippen MR) is 108 cm³/mol. The molecule has 29 heavy (non-hydrogen) atoms. The summed E-state index contributed by atoms with van der Waals surface area (Å²) in [6.45, 7) is 8.80. The van der Waals surface area contributed by atoms with Gasteiger partial charge in [-0.05, 0) is 29.8 Å². The second-order valence-corrected chi connectivity index (χ2v) is 8.55. The number of halogens is 2. The fraction of sp³-hybridized carbons (Fsp3) is 0.348. The van der Waals surface area contributed by atoms with Crippen LogP contribution in [0.3, 0.4) is 0 Å². The topological polar surface area (TPSA) is 41.9 Å². The van der Waals surface area contributed by atoms with Gasteiger partial charge in [-0.1, -0.05) is 26.8 Å². The fourth-order valence-corrected chi connectivity index (χ4v) is 3.50. The van der Waals surface area contributed by atoms with Crippen LogP contribution < -0.4 is 0 Å². The average molecular weight is 394 g/mol. The van der Waals surface area contributed by atoms with Crippen molar-refractivity contribution in [2.24, 2.45) is 0 Å². The van der Waals surface area contributed by atoms with E-state index in [1.165, 1.54) is 6.07 Å². The normalized spacial score (nSPS) is 14.7. The van der Waals surface area contributed by atoms with E-state index < -0.39 is 11.6 Å². The zero-order valence-corrected chi connectivity index (χ0v) is 16.9. The summed E-state index contributed by atoms with van der Waals surface area (Å²) in [4.78, 5) is 16.0. The van der Waals surface area contributed by atoms with Crippen LogP contribution in [0, 0.1) is 11.6 Å². The highest BCUT2D eigenvalue weighted by Gasteiger charge is 2.23. The molecule has 3 heterocycles. The lowest BCUT2D eigenvalue weighted by atomic mass is 9.95. The summed E-state index contributed by atoms with van der Waals surface area (Å²) in [6, 6.07) is 7.06. The minimum absolute atomic E-state index is 0.0548. The van der Waals surface area contributed by atoms with Gasteiger partial charge in [-0.15, -0.1) is 0 Å². The molecule has 0 N–H and O–H groups in total. The number of nitrogens with zero attached hydrogens (tertiary/aromatic N) is 4. The zero-order chi connectivity index (χ0) is 20.6. The SMILES string of the molecule is CC(C)(C)c1ncc2c(n1)CCN(Cc1ccc(-c3cc(F)ccc3F)nc1)C2. The average Bonchev–Trinajstić information content (AvgIpc) is 2.69. The summed E-state index contributed by atoms with van der Waals surface area (Å²) >= 11 is 0. The lowest BCUT2D eigenvalue weighted by molar-refractivity contribution is 0.242. The van der Waals surface area contributed by atoms with Gasteiger partial charge >= 0.3 is 0 Å². The number of hydrogen-bond acceptors (Lipinski definition) is 4. The summed E-state index contributed by atoms with van der Waals surface area (Å²) < 4.78 is 27.4. The molecule has 4 rings (SSSR count). The first kappa shape index (κ1) is 19.6. The molecule has 0 saturated heterocycles. The highest BCUT2D eigenvalue weighted by atomic mass is 19.1. The lowest BCUT2D eigenvalue weighted by Crippen LogP contribution is -2.32. The van der Waals surface area contributed by atoms with Gasteiger partial charge < -0.3 is 0 Å². The number of hydrogen-bond donors (Lipinski definition) is 0. The van der Waals surface area contributed by atoms with Crippen molar-refractivity contribution in [3.63, 3.8) is 0 Å². The van der Waals surface area contributed by atoms with Crippen LogP contribution in [-0.4, -0.2) is 26.4 Å². The third kappa shape index (κ3) is 4.32. The molecule has 1 aliphatic rings. The minimum atomic E-state index is -0.478. The molecule has 1 aromatic carbocycles. The Morgan fingerprint density at radius 1 is 1.03 bits per heavy atom. The maximum absolute atomic E-state index is 13.9. The van der Waals surface area contributed by atoms with Crippen LogP contribution in [-0.2, 0) is 24.9 Å². The van der Waals surface area contributed by atoms with Gasteiger partial charge in [-0.2, -0.15) is 0 Å². The first-order valence-corrected chi connectivity index (χ1v) is 9.77. The Morgan fingerprint density at radius 3 is 2.59 bits per heavy atom. The molecule has 2 aromatic heterocycles. The van der Waals surface area contributed by atoms with Crippen molar-refractivity contribution < 1.29 is 8.78 Å². The summed E-state index contributed by atoms with van der Waals surface area (Å²) in [5.41, 5.74) is 3.88. The summed E-state index contributed by atoms with van der Waals surface area (Å²) in [5, 5.41) is 0. The molecule has 0 spiro atoms. The van der Waals surface area contributed by atoms with Gasteiger partial charge in [-0.25, -0.2) is 18.7 Å². The van der Waals surface area contributed by atoms with Crippen molar-refractivity contribution in [1.82, 2.24) is 19.9 Å². The van der Waals surface area contributed by atoms with Crippen molar-refractivity contribution in [1.29, 1.82) is 0 Å². The second kappa shape index (κ2) is 7.59. The Balaban J connectivity index is 1.46.